The molecule has 5 nitrogen and oxygen atoms in total. The molecule has 2 aromatic carbocycles. The average Bonchev–Trinajstić information content (AvgIpc) is 3.38. The molecule has 0 radical (unpaired) electrons. The average molecular weight is 419 g/mol. The highest BCUT2D eigenvalue weighted by Crippen LogP contribution is 2.28. The number of nitrogens with zero attached hydrogens (tertiary/aromatic N) is 1. The molecule has 0 aliphatic heterocycles. The summed E-state index contributed by atoms with van der Waals surface area (Å²) < 4.78 is 11.6. The molecular formula is C24H22N2O3S. The highest BCUT2D eigenvalue weighted by Gasteiger charge is 2.13. The second-order valence-corrected chi connectivity index (χ2v) is 7.91. The van der Waals surface area contributed by atoms with Crippen molar-refractivity contribution < 1.29 is 13.9 Å². The Morgan fingerprint density at radius 3 is 2.70 bits per heavy atom. The van der Waals surface area contributed by atoms with Gasteiger partial charge in [-0.2, -0.15) is 0 Å². The molecule has 0 saturated carbocycles. The minimum atomic E-state index is -0.143. The molecule has 0 aliphatic carbocycles. The summed E-state index contributed by atoms with van der Waals surface area (Å²) in [4.78, 5) is 17.1. The van der Waals surface area contributed by atoms with Crippen molar-refractivity contribution >= 4 is 22.9 Å². The van der Waals surface area contributed by atoms with Crippen molar-refractivity contribution in [3.8, 4) is 16.5 Å². The van der Waals surface area contributed by atoms with Crippen LogP contribution in [0.3, 0.4) is 0 Å². The number of rotatable bonds is 7. The quantitative estimate of drug-likeness (QED) is 0.413. The Bertz CT molecular complexity index is 1150. The maximum Gasteiger partial charge on any atom is 0.230 e. The van der Waals surface area contributed by atoms with E-state index in [1.165, 1.54) is 11.3 Å². The summed E-state index contributed by atoms with van der Waals surface area (Å²) >= 11 is 1.47. The maximum absolute atomic E-state index is 12.6. The monoisotopic (exact) mass is 418 g/mol. The van der Waals surface area contributed by atoms with Gasteiger partial charge in [-0.05, 0) is 49.2 Å². The number of aromatic nitrogens is 1. The molecule has 1 N–H and O–H groups in total. The lowest BCUT2D eigenvalue weighted by Gasteiger charge is -2.13. The number of aryl methyl sites for hydroxylation is 2. The second kappa shape index (κ2) is 8.97. The smallest absolute Gasteiger partial charge is 0.230 e. The Morgan fingerprint density at radius 1 is 1.10 bits per heavy atom. The zero-order valence-corrected chi connectivity index (χ0v) is 17.7. The van der Waals surface area contributed by atoms with Crippen molar-refractivity contribution in [2.75, 3.05) is 5.32 Å². The normalized spacial score (nSPS) is 10.7. The molecule has 0 saturated heterocycles. The van der Waals surface area contributed by atoms with E-state index in [-0.39, 0.29) is 12.3 Å². The van der Waals surface area contributed by atoms with E-state index in [4.69, 9.17) is 9.15 Å². The highest BCUT2D eigenvalue weighted by molar-refractivity contribution is 7.13. The molecule has 0 spiro atoms. The number of hydrogen-bond donors (Lipinski definition) is 1. The zero-order chi connectivity index (χ0) is 20.9. The van der Waals surface area contributed by atoms with E-state index in [9.17, 15) is 4.79 Å². The first-order valence-corrected chi connectivity index (χ1v) is 10.5. The van der Waals surface area contributed by atoms with Crippen LogP contribution in [-0.2, 0) is 17.8 Å². The Balaban J connectivity index is 1.42. The van der Waals surface area contributed by atoms with Gasteiger partial charge >= 0.3 is 0 Å². The van der Waals surface area contributed by atoms with E-state index in [2.05, 4.69) is 10.3 Å². The number of amides is 1. The molecule has 2 heterocycles. The lowest BCUT2D eigenvalue weighted by atomic mass is 10.2. The van der Waals surface area contributed by atoms with E-state index < -0.39 is 0 Å². The van der Waals surface area contributed by atoms with Crippen LogP contribution in [0.25, 0.3) is 10.8 Å². The standard InChI is InChI=1S/C24H22N2O3S/c1-16-8-10-20(22(12-16)28-14-18-6-4-3-5-7-18)26-23(27)13-19-15-30-24(25-19)21-11-9-17(2)29-21/h3-12,15H,13-14H2,1-2H3,(H,26,27). The third kappa shape index (κ3) is 4.96. The molecule has 4 aromatic rings. The molecule has 0 unspecified atom stereocenters. The zero-order valence-electron chi connectivity index (χ0n) is 16.8. The summed E-state index contributed by atoms with van der Waals surface area (Å²) in [6, 6.07) is 19.5. The predicted octanol–water partition coefficient (Wildman–Crippen LogP) is 5.78. The fraction of sp³-hybridized carbons (Fsp3) is 0.167. The molecule has 1 amide bonds. The fourth-order valence-electron chi connectivity index (χ4n) is 3.00. The van der Waals surface area contributed by atoms with Gasteiger partial charge in [-0.1, -0.05) is 36.4 Å². The van der Waals surface area contributed by atoms with Gasteiger partial charge in [0.15, 0.2) is 10.8 Å². The van der Waals surface area contributed by atoms with E-state index in [1.807, 2.05) is 79.9 Å². The highest BCUT2D eigenvalue weighted by atomic mass is 32.1. The van der Waals surface area contributed by atoms with E-state index >= 15 is 0 Å². The van der Waals surface area contributed by atoms with Gasteiger partial charge in [0.2, 0.25) is 5.91 Å². The van der Waals surface area contributed by atoms with Crippen molar-refractivity contribution in [1.29, 1.82) is 0 Å². The summed E-state index contributed by atoms with van der Waals surface area (Å²) in [5.41, 5.74) is 3.49. The van der Waals surface area contributed by atoms with Gasteiger partial charge in [0.1, 0.15) is 18.1 Å². The van der Waals surface area contributed by atoms with E-state index in [0.29, 0.717) is 23.7 Å². The second-order valence-electron chi connectivity index (χ2n) is 7.05. The van der Waals surface area contributed by atoms with Gasteiger partial charge in [-0.25, -0.2) is 4.98 Å². The molecule has 152 valence electrons. The first-order valence-electron chi connectivity index (χ1n) is 9.65. The third-order valence-corrected chi connectivity index (χ3v) is 5.40. The number of hydrogen-bond acceptors (Lipinski definition) is 5. The van der Waals surface area contributed by atoms with Crippen LogP contribution in [0.1, 0.15) is 22.6 Å². The van der Waals surface area contributed by atoms with Gasteiger partial charge in [-0.3, -0.25) is 4.79 Å². The summed E-state index contributed by atoms with van der Waals surface area (Å²) in [5.74, 6) is 2.06. The van der Waals surface area contributed by atoms with Crippen molar-refractivity contribution in [2.24, 2.45) is 0 Å². The maximum atomic E-state index is 12.6. The van der Waals surface area contributed by atoms with E-state index in [0.717, 1.165) is 27.7 Å². The molecular weight excluding hydrogens is 396 g/mol. The van der Waals surface area contributed by atoms with Gasteiger partial charge in [-0.15, -0.1) is 11.3 Å². The van der Waals surface area contributed by atoms with Crippen LogP contribution in [0.5, 0.6) is 5.75 Å². The van der Waals surface area contributed by atoms with Gasteiger partial charge in [0.05, 0.1) is 17.8 Å². The number of benzene rings is 2. The first-order chi connectivity index (χ1) is 14.6. The van der Waals surface area contributed by atoms with Crippen molar-refractivity contribution in [2.45, 2.75) is 26.9 Å². The Hall–Kier alpha value is -3.38. The van der Waals surface area contributed by atoms with Crippen molar-refractivity contribution in [1.82, 2.24) is 4.98 Å². The van der Waals surface area contributed by atoms with Gasteiger partial charge in [0.25, 0.3) is 0 Å². The number of furan rings is 1. The van der Waals surface area contributed by atoms with E-state index in [1.54, 1.807) is 0 Å². The molecule has 0 aliphatic rings. The first kappa shape index (κ1) is 19.9. The number of ether oxygens (including phenoxy) is 1. The number of anilines is 1. The predicted molar refractivity (Wildman–Crippen MR) is 119 cm³/mol. The van der Waals surface area contributed by atoms with Crippen LogP contribution in [-0.4, -0.2) is 10.9 Å². The van der Waals surface area contributed by atoms with Gasteiger partial charge < -0.3 is 14.5 Å². The summed E-state index contributed by atoms with van der Waals surface area (Å²) in [5, 5.41) is 5.61. The lowest BCUT2D eigenvalue weighted by molar-refractivity contribution is -0.115. The van der Waals surface area contributed by atoms with Gasteiger partial charge in [0, 0.05) is 5.38 Å². The number of thiazole rings is 1. The topological polar surface area (TPSA) is 64.4 Å². The Morgan fingerprint density at radius 2 is 1.93 bits per heavy atom. The van der Waals surface area contributed by atoms with Crippen LogP contribution in [0, 0.1) is 13.8 Å². The van der Waals surface area contributed by atoms with Crippen LogP contribution >= 0.6 is 11.3 Å². The minimum absolute atomic E-state index is 0.143. The summed E-state index contributed by atoms with van der Waals surface area (Å²) in [7, 11) is 0. The molecule has 0 bridgehead atoms. The minimum Gasteiger partial charge on any atom is -0.487 e. The number of nitrogens with one attached hydrogen (secondary N) is 1. The molecule has 6 heteroatoms. The Labute approximate surface area is 179 Å². The number of carbonyl (C=O) groups is 1. The largest absolute Gasteiger partial charge is 0.487 e. The molecule has 0 atom stereocenters. The molecule has 4 rings (SSSR count). The molecule has 2 aromatic heterocycles. The Kier molecular flexibility index (Phi) is 5.95. The van der Waals surface area contributed by atoms with Crippen LogP contribution in [0.4, 0.5) is 5.69 Å². The van der Waals surface area contributed by atoms with Crippen LogP contribution in [0.15, 0.2) is 70.5 Å². The van der Waals surface area contributed by atoms with Crippen molar-refractivity contribution in [3.05, 3.63) is 88.6 Å². The van der Waals surface area contributed by atoms with Crippen molar-refractivity contribution in [3.63, 3.8) is 0 Å². The SMILES string of the molecule is Cc1ccc(NC(=O)Cc2csc(-c3ccc(C)o3)n2)c(OCc2ccccc2)c1. The van der Waals surface area contributed by atoms with Crippen LogP contribution < -0.4 is 10.1 Å². The number of carbonyl (C=O) groups excluding carboxylic acids is 1. The summed E-state index contributed by atoms with van der Waals surface area (Å²) in [6.07, 6.45) is 0.183. The van der Waals surface area contributed by atoms with Crippen LogP contribution in [0.2, 0.25) is 0 Å². The summed E-state index contributed by atoms with van der Waals surface area (Å²) in [6.45, 7) is 4.32. The fourth-order valence-corrected chi connectivity index (χ4v) is 3.78. The third-order valence-electron chi connectivity index (χ3n) is 4.49. The lowest BCUT2D eigenvalue weighted by Crippen LogP contribution is -2.15. The molecule has 30 heavy (non-hydrogen) atoms. The molecule has 0 fully saturated rings.